The van der Waals surface area contributed by atoms with Crippen LogP contribution in [0, 0.1) is 5.92 Å². The van der Waals surface area contributed by atoms with Gasteiger partial charge in [-0.2, -0.15) is 0 Å². The zero-order chi connectivity index (χ0) is 9.07. The molecule has 0 bridgehead atoms. The van der Waals surface area contributed by atoms with Gasteiger partial charge in [0.05, 0.1) is 5.25 Å². The average Bonchev–Trinajstić information content (AvgIpc) is 1.85. The van der Waals surface area contributed by atoms with Gasteiger partial charge >= 0.3 is 0 Å². The lowest BCUT2D eigenvalue weighted by Gasteiger charge is -2.22. The molecule has 68 valence electrons. The third-order valence-electron chi connectivity index (χ3n) is 1.66. The summed E-state index contributed by atoms with van der Waals surface area (Å²) < 4.78 is 36.2. The number of halogens is 3. The van der Waals surface area contributed by atoms with Crippen molar-refractivity contribution in [2.45, 2.75) is 26.0 Å². The number of hydrogen-bond donors (Lipinski definition) is 0. The van der Waals surface area contributed by atoms with Crippen molar-refractivity contribution in [1.29, 1.82) is 0 Å². The minimum atomic E-state index is -4.88. The average molecular weight is 186 g/mol. The second-order valence-electron chi connectivity index (χ2n) is 2.53. The van der Waals surface area contributed by atoms with Crippen LogP contribution in [-0.2, 0) is 0 Å². The van der Waals surface area contributed by atoms with E-state index in [1.165, 1.54) is 6.92 Å². The third kappa shape index (κ3) is 3.70. The van der Waals surface area contributed by atoms with Gasteiger partial charge in [0.15, 0.2) is 0 Å². The molecule has 0 radical (unpaired) electrons. The molecular weight excluding hydrogens is 173 g/mol. The highest BCUT2D eigenvalue weighted by Gasteiger charge is 2.33. The summed E-state index contributed by atoms with van der Waals surface area (Å²) in [6.07, 6.45) is 3.25. The second kappa shape index (κ2) is 4.04. The van der Waals surface area contributed by atoms with Gasteiger partial charge in [-0.05, 0) is 19.8 Å². The van der Waals surface area contributed by atoms with E-state index in [-0.39, 0.29) is 0 Å². The van der Waals surface area contributed by atoms with Gasteiger partial charge in [-0.15, -0.1) is 11.7 Å². The minimum Gasteiger partial charge on any atom is -0.125 e. The van der Waals surface area contributed by atoms with Crippen molar-refractivity contribution in [3.05, 3.63) is 12.2 Å². The van der Waals surface area contributed by atoms with Crippen molar-refractivity contribution in [3.63, 3.8) is 0 Å². The molecule has 0 amide bonds. The molecule has 0 heterocycles. The van der Waals surface area contributed by atoms with Gasteiger partial charge in [-0.3, -0.25) is 0 Å². The fourth-order valence-corrected chi connectivity index (χ4v) is 1.28. The third-order valence-corrected chi connectivity index (χ3v) is 2.93. The Morgan fingerprint density at radius 3 is 1.91 bits per heavy atom. The molecule has 0 nitrogen and oxygen atoms in total. The standard InChI is InChI=1S/C7H13F3S/c1-4-5-6(2)7(3)11(8,9)10/h4-7H,1-3H3. The molecule has 0 saturated carbocycles. The van der Waals surface area contributed by atoms with Crippen molar-refractivity contribution in [2.24, 2.45) is 5.92 Å². The monoisotopic (exact) mass is 186 g/mol. The number of hydrogen-bond acceptors (Lipinski definition) is 0. The van der Waals surface area contributed by atoms with Crippen LogP contribution in [-0.4, -0.2) is 5.25 Å². The molecule has 0 rings (SSSR count). The molecule has 0 aromatic heterocycles. The summed E-state index contributed by atoms with van der Waals surface area (Å²) in [5.74, 6) is -0.394. The summed E-state index contributed by atoms with van der Waals surface area (Å²) in [5, 5.41) is -1.17. The van der Waals surface area contributed by atoms with Gasteiger partial charge in [-0.1, -0.05) is 19.1 Å². The fraction of sp³-hybridized carbons (Fsp3) is 0.714. The molecule has 0 spiro atoms. The SMILES string of the molecule is CC=CC(C)C(C)S(F)(F)F. The molecule has 0 aromatic carbocycles. The van der Waals surface area contributed by atoms with E-state index in [4.69, 9.17) is 0 Å². The second-order valence-corrected chi connectivity index (χ2v) is 4.16. The predicted octanol–water partition coefficient (Wildman–Crippen LogP) is 4.05. The molecule has 0 aliphatic rings. The molecule has 2 atom stereocenters. The molecule has 0 N–H and O–H groups in total. The molecular formula is C7H13F3S. The van der Waals surface area contributed by atoms with Crippen LogP contribution in [0.15, 0.2) is 12.2 Å². The van der Waals surface area contributed by atoms with E-state index >= 15 is 0 Å². The highest BCUT2D eigenvalue weighted by atomic mass is 32.3. The fourth-order valence-electron chi connectivity index (χ4n) is 0.703. The molecule has 0 fully saturated rings. The molecule has 0 aromatic rings. The van der Waals surface area contributed by atoms with Crippen LogP contribution in [0.3, 0.4) is 0 Å². The number of rotatable bonds is 3. The van der Waals surface area contributed by atoms with Crippen LogP contribution in [0.2, 0.25) is 0 Å². The van der Waals surface area contributed by atoms with Crippen LogP contribution < -0.4 is 0 Å². The van der Waals surface area contributed by atoms with Crippen molar-refractivity contribution < 1.29 is 11.7 Å². The first-order chi connectivity index (χ1) is 4.89. The Bertz CT molecular complexity index is 139. The Morgan fingerprint density at radius 1 is 1.18 bits per heavy atom. The van der Waals surface area contributed by atoms with Gasteiger partial charge in [0, 0.05) is 0 Å². The van der Waals surface area contributed by atoms with Gasteiger partial charge in [0.2, 0.25) is 11.2 Å². The summed E-state index contributed by atoms with van der Waals surface area (Å²) >= 11 is -4.88. The highest BCUT2D eigenvalue weighted by Crippen LogP contribution is 2.59. The van der Waals surface area contributed by atoms with Crippen molar-refractivity contribution in [1.82, 2.24) is 0 Å². The largest absolute Gasteiger partial charge is 0.212 e. The lowest BCUT2D eigenvalue weighted by molar-refractivity contribution is 0.563. The van der Waals surface area contributed by atoms with E-state index in [1.54, 1.807) is 26.0 Å². The molecule has 0 aliphatic heterocycles. The maximum absolute atomic E-state index is 12.1. The Kier molecular flexibility index (Phi) is 4.00. The zero-order valence-electron chi connectivity index (χ0n) is 6.85. The Hall–Kier alpha value is -0.120. The van der Waals surface area contributed by atoms with Gasteiger partial charge in [0.25, 0.3) is 0 Å². The Labute approximate surface area is 67.7 Å². The van der Waals surface area contributed by atoms with Crippen LogP contribution in [0.5, 0.6) is 0 Å². The topological polar surface area (TPSA) is 0 Å². The summed E-state index contributed by atoms with van der Waals surface area (Å²) in [5.41, 5.74) is 0. The van der Waals surface area contributed by atoms with Gasteiger partial charge < -0.3 is 0 Å². The van der Waals surface area contributed by atoms with E-state index in [9.17, 15) is 11.7 Å². The minimum absolute atomic E-state index is 0.394. The van der Waals surface area contributed by atoms with E-state index in [0.717, 1.165) is 0 Å². The molecule has 11 heavy (non-hydrogen) atoms. The summed E-state index contributed by atoms with van der Waals surface area (Å²) in [6, 6.07) is 0. The van der Waals surface area contributed by atoms with Crippen LogP contribution in [0.4, 0.5) is 11.7 Å². The lowest BCUT2D eigenvalue weighted by atomic mass is 10.1. The van der Waals surface area contributed by atoms with Crippen molar-refractivity contribution >= 4 is 11.2 Å². The zero-order valence-corrected chi connectivity index (χ0v) is 7.67. The Morgan fingerprint density at radius 2 is 1.64 bits per heavy atom. The summed E-state index contributed by atoms with van der Waals surface area (Å²) in [4.78, 5) is 0. The Balaban J connectivity index is 4.13. The quantitative estimate of drug-likeness (QED) is 0.583. The van der Waals surface area contributed by atoms with Gasteiger partial charge in [0.1, 0.15) is 0 Å². The van der Waals surface area contributed by atoms with Crippen LogP contribution >= 0.6 is 11.2 Å². The summed E-state index contributed by atoms with van der Waals surface area (Å²) in [6.45, 7) is 4.56. The maximum Gasteiger partial charge on any atom is 0.212 e. The normalized spacial score (nSPS) is 20.2. The lowest BCUT2D eigenvalue weighted by Crippen LogP contribution is -2.12. The first kappa shape index (κ1) is 10.9. The maximum atomic E-state index is 12.1. The molecule has 4 heteroatoms. The van der Waals surface area contributed by atoms with Crippen molar-refractivity contribution in [2.75, 3.05) is 0 Å². The van der Waals surface area contributed by atoms with Crippen LogP contribution in [0.1, 0.15) is 20.8 Å². The first-order valence-corrected chi connectivity index (χ1v) is 4.83. The van der Waals surface area contributed by atoms with Crippen molar-refractivity contribution in [3.8, 4) is 0 Å². The predicted molar refractivity (Wildman–Crippen MR) is 44.4 cm³/mol. The van der Waals surface area contributed by atoms with E-state index in [0.29, 0.717) is 0 Å². The van der Waals surface area contributed by atoms with E-state index in [2.05, 4.69) is 0 Å². The van der Waals surface area contributed by atoms with Gasteiger partial charge in [-0.25, -0.2) is 0 Å². The first-order valence-electron chi connectivity index (χ1n) is 3.43. The smallest absolute Gasteiger partial charge is 0.125 e. The molecule has 0 aliphatic carbocycles. The van der Waals surface area contributed by atoms with E-state index in [1.807, 2.05) is 0 Å². The number of allylic oxidation sites excluding steroid dienone is 2. The highest BCUT2D eigenvalue weighted by molar-refractivity contribution is 8.21. The molecule has 0 saturated heterocycles. The van der Waals surface area contributed by atoms with Crippen LogP contribution in [0.25, 0.3) is 0 Å². The van der Waals surface area contributed by atoms with E-state index < -0.39 is 22.4 Å². The summed E-state index contributed by atoms with van der Waals surface area (Å²) in [7, 11) is 0. The molecule has 2 unspecified atom stereocenters.